The van der Waals surface area contributed by atoms with Gasteiger partial charge in [0.25, 0.3) is 11.4 Å². The van der Waals surface area contributed by atoms with Crippen LogP contribution in [-0.2, 0) is 9.84 Å². The van der Waals surface area contributed by atoms with Crippen molar-refractivity contribution in [2.24, 2.45) is 9.98 Å². The highest BCUT2D eigenvalue weighted by molar-refractivity contribution is 7.91. The molecule has 0 saturated carbocycles. The third kappa shape index (κ3) is 5.43. The van der Waals surface area contributed by atoms with Gasteiger partial charge in [0.1, 0.15) is 0 Å². The molecule has 0 aliphatic carbocycles. The second-order valence-corrected chi connectivity index (χ2v) is 11.0. The maximum atomic E-state index is 13.2. The summed E-state index contributed by atoms with van der Waals surface area (Å²) in [6.45, 7) is -0.0736. The van der Waals surface area contributed by atoms with Crippen LogP contribution in [0, 0.1) is 20.2 Å². The lowest BCUT2D eigenvalue weighted by Crippen LogP contribution is -2.01. The average Bonchev–Trinajstić information content (AvgIpc) is 3.67. The van der Waals surface area contributed by atoms with Gasteiger partial charge in [0, 0.05) is 12.4 Å². The van der Waals surface area contributed by atoms with Gasteiger partial charge in [0.15, 0.2) is 23.0 Å². The van der Waals surface area contributed by atoms with E-state index in [2.05, 4.69) is 9.98 Å². The number of ether oxygens (including phenoxy) is 4. The predicted molar refractivity (Wildman–Crippen MR) is 151 cm³/mol. The molecule has 0 saturated heterocycles. The van der Waals surface area contributed by atoms with Crippen molar-refractivity contribution in [2.75, 3.05) is 13.6 Å². The molecule has 6 rings (SSSR count). The van der Waals surface area contributed by atoms with E-state index in [1.807, 2.05) is 0 Å². The largest absolute Gasteiger partial charge is 0.454 e. The van der Waals surface area contributed by atoms with E-state index in [1.54, 1.807) is 0 Å². The Morgan fingerprint density at radius 3 is 1.30 bits per heavy atom. The normalized spacial score (nSPS) is 13.6. The van der Waals surface area contributed by atoms with Crippen molar-refractivity contribution in [3.8, 4) is 23.0 Å². The van der Waals surface area contributed by atoms with Gasteiger partial charge in [-0.15, -0.1) is 0 Å². The quantitative estimate of drug-likeness (QED) is 0.146. The molecular formula is C28H18N4O10S. The summed E-state index contributed by atoms with van der Waals surface area (Å²) in [6, 6.07) is 16.8. The van der Waals surface area contributed by atoms with Gasteiger partial charge in [-0.3, -0.25) is 30.2 Å². The molecule has 4 aromatic carbocycles. The molecule has 0 spiro atoms. The van der Waals surface area contributed by atoms with Gasteiger partial charge in [0.05, 0.1) is 54.3 Å². The molecule has 0 unspecified atom stereocenters. The Kier molecular flexibility index (Phi) is 6.91. The molecule has 0 N–H and O–H groups in total. The van der Waals surface area contributed by atoms with Crippen LogP contribution >= 0.6 is 0 Å². The summed E-state index contributed by atoms with van der Waals surface area (Å²) in [5.41, 5.74) is 0.702. The molecule has 43 heavy (non-hydrogen) atoms. The van der Waals surface area contributed by atoms with E-state index < -0.39 is 19.7 Å². The van der Waals surface area contributed by atoms with Crippen LogP contribution < -0.4 is 18.9 Å². The fraction of sp³-hybridized carbons (Fsp3) is 0.0714. The third-order valence-corrected chi connectivity index (χ3v) is 8.22. The summed E-state index contributed by atoms with van der Waals surface area (Å²) in [5.74, 6) is 1.26. The fourth-order valence-corrected chi connectivity index (χ4v) is 5.52. The monoisotopic (exact) mass is 602 g/mol. The van der Waals surface area contributed by atoms with Crippen LogP contribution in [0.4, 0.5) is 22.7 Å². The number of nitro groups is 2. The van der Waals surface area contributed by atoms with Gasteiger partial charge >= 0.3 is 0 Å². The Bertz CT molecular complexity index is 1810. The summed E-state index contributed by atoms with van der Waals surface area (Å²) in [6.07, 6.45) is 2.59. The Balaban J connectivity index is 1.18. The van der Waals surface area contributed by atoms with Gasteiger partial charge in [-0.25, -0.2) is 8.42 Å². The molecule has 0 bridgehead atoms. The van der Waals surface area contributed by atoms with Crippen molar-refractivity contribution in [3.63, 3.8) is 0 Å². The van der Waals surface area contributed by atoms with Crippen molar-refractivity contribution in [1.29, 1.82) is 0 Å². The highest BCUT2D eigenvalue weighted by Crippen LogP contribution is 2.38. The first kappa shape index (κ1) is 27.3. The maximum Gasteiger partial charge on any atom is 0.282 e. The lowest BCUT2D eigenvalue weighted by atomic mass is 10.1. The van der Waals surface area contributed by atoms with E-state index in [1.165, 1.54) is 85.2 Å². The number of nitro benzene ring substituents is 2. The highest BCUT2D eigenvalue weighted by Gasteiger charge is 2.24. The van der Waals surface area contributed by atoms with E-state index in [-0.39, 0.29) is 57.4 Å². The second kappa shape index (κ2) is 10.9. The zero-order valence-corrected chi connectivity index (χ0v) is 22.6. The standard InChI is InChI=1S/C28H18N4O10S/c33-31(34)23-11-27-25(39-15-41-27)9-17(23)13-29-19-1-5-21(6-2-19)43(37,38)22-7-3-20(4-8-22)30-14-18-10-26-28(42-16-40-26)12-24(18)32(35)36/h1-14H,15-16H2. The SMILES string of the molecule is O=[N+]([O-])c1cc2c(cc1C=Nc1ccc(S(=O)(=O)c3ccc(N=Cc4cc5c(cc4[N+](=O)[O-])OCO5)cc3)cc1)OCO2. The number of hydrogen-bond donors (Lipinski definition) is 0. The van der Waals surface area contributed by atoms with Gasteiger partial charge in [-0.05, 0) is 60.7 Å². The van der Waals surface area contributed by atoms with Gasteiger partial charge in [-0.2, -0.15) is 0 Å². The first-order valence-electron chi connectivity index (χ1n) is 12.4. The third-order valence-electron chi connectivity index (χ3n) is 6.44. The van der Waals surface area contributed by atoms with E-state index in [4.69, 9.17) is 18.9 Å². The van der Waals surface area contributed by atoms with Gasteiger partial charge in [-0.1, -0.05) is 0 Å². The Morgan fingerprint density at radius 2 is 0.953 bits per heavy atom. The molecule has 2 aliphatic rings. The molecule has 14 nitrogen and oxygen atoms in total. The minimum Gasteiger partial charge on any atom is -0.454 e. The minimum absolute atomic E-state index is 0.00717. The summed E-state index contributed by atoms with van der Waals surface area (Å²) < 4.78 is 47.3. The lowest BCUT2D eigenvalue weighted by molar-refractivity contribution is -0.385. The number of nitrogens with zero attached hydrogens (tertiary/aromatic N) is 4. The summed E-state index contributed by atoms with van der Waals surface area (Å²) in [5, 5.41) is 22.9. The molecule has 0 amide bonds. The number of hydrogen-bond acceptors (Lipinski definition) is 12. The van der Waals surface area contributed by atoms with Crippen LogP contribution in [0.15, 0.2) is 92.6 Å². The van der Waals surface area contributed by atoms with E-state index in [9.17, 15) is 28.6 Å². The molecule has 2 aliphatic heterocycles. The number of sulfone groups is 1. The Hall–Kier alpha value is -5.83. The zero-order chi connectivity index (χ0) is 30.1. The Labute approximate surface area is 242 Å². The summed E-state index contributed by atoms with van der Waals surface area (Å²) >= 11 is 0. The smallest absolute Gasteiger partial charge is 0.282 e. The first-order chi connectivity index (χ1) is 20.7. The highest BCUT2D eigenvalue weighted by atomic mass is 32.2. The topological polar surface area (TPSA) is 182 Å². The van der Waals surface area contributed by atoms with Crippen LogP contribution in [-0.4, -0.2) is 44.3 Å². The zero-order valence-electron chi connectivity index (χ0n) is 21.8. The van der Waals surface area contributed by atoms with Gasteiger partial charge < -0.3 is 18.9 Å². The predicted octanol–water partition coefficient (Wildman–Crippen LogP) is 5.29. The van der Waals surface area contributed by atoms with Crippen LogP contribution in [0.5, 0.6) is 23.0 Å². The molecule has 0 atom stereocenters. The van der Waals surface area contributed by atoms with Crippen LogP contribution in [0.3, 0.4) is 0 Å². The van der Waals surface area contributed by atoms with Crippen molar-refractivity contribution in [1.82, 2.24) is 0 Å². The van der Waals surface area contributed by atoms with Gasteiger partial charge in [0.2, 0.25) is 23.4 Å². The fourth-order valence-electron chi connectivity index (χ4n) is 4.26. The average molecular weight is 603 g/mol. The molecule has 15 heteroatoms. The number of benzene rings is 4. The molecular weight excluding hydrogens is 584 g/mol. The van der Waals surface area contributed by atoms with Crippen LogP contribution in [0.2, 0.25) is 0 Å². The van der Waals surface area contributed by atoms with Crippen molar-refractivity contribution >= 4 is 45.0 Å². The second-order valence-electron chi connectivity index (χ2n) is 9.05. The number of aliphatic imine (C=N–C) groups is 2. The molecule has 2 heterocycles. The van der Waals surface area contributed by atoms with Crippen molar-refractivity contribution in [2.45, 2.75) is 9.79 Å². The van der Waals surface area contributed by atoms with E-state index >= 15 is 0 Å². The van der Waals surface area contributed by atoms with E-state index in [0.717, 1.165) is 0 Å². The molecule has 0 aromatic heterocycles. The number of fused-ring (bicyclic) bond motifs is 2. The molecule has 4 aromatic rings. The maximum absolute atomic E-state index is 13.2. The van der Waals surface area contributed by atoms with Crippen LogP contribution in [0.25, 0.3) is 0 Å². The molecule has 216 valence electrons. The van der Waals surface area contributed by atoms with E-state index in [0.29, 0.717) is 22.9 Å². The summed E-state index contributed by atoms with van der Waals surface area (Å²) in [4.78, 5) is 30.3. The summed E-state index contributed by atoms with van der Waals surface area (Å²) in [7, 11) is -3.90. The number of rotatable bonds is 8. The van der Waals surface area contributed by atoms with Crippen molar-refractivity contribution in [3.05, 3.63) is 104 Å². The minimum atomic E-state index is -3.90. The van der Waals surface area contributed by atoms with Crippen molar-refractivity contribution < 1.29 is 37.2 Å². The molecule has 0 radical (unpaired) electrons. The molecule has 0 fully saturated rings. The van der Waals surface area contributed by atoms with Crippen LogP contribution in [0.1, 0.15) is 11.1 Å². The lowest BCUT2D eigenvalue weighted by Gasteiger charge is -2.06. The Morgan fingerprint density at radius 1 is 0.605 bits per heavy atom. The first-order valence-corrected chi connectivity index (χ1v) is 13.9.